The number of amides is 1. The Labute approximate surface area is 167 Å². The highest BCUT2D eigenvalue weighted by atomic mass is 32.2. The van der Waals surface area contributed by atoms with Gasteiger partial charge >= 0.3 is 0 Å². The maximum Gasteiger partial charge on any atom is 0.255 e. The fourth-order valence-corrected chi connectivity index (χ4v) is 4.78. The SMILES string of the molecule is CCc1ccccc1NC(=O)c1ccc(CS(=O)(=O)N2CCN(C)CC2)cc1. The average molecular weight is 402 g/mol. The Morgan fingerprint density at radius 2 is 1.64 bits per heavy atom. The summed E-state index contributed by atoms with van der Waals surface area (Å²) in [4.78, 5) is 14.6. The van der Waals surface area contributed by atoms with E-state index < -0.39 is 10.0 Å². The van der Waals surface area contributed by atoms with E-state index in [1.807, 2.05) is 38.2 Å². The van der Waals surface area contributed by atoms with Gasteiger partial charge in [-0.3, -0.25) is 4.79 Å². The summed E-state index contributed by atoms with van der Waals surface area (Å²) in [5.41, 5.74) is 3.07. The molecule has 1 heterocycles. The summed E-state index contributed by atoms with van der Waals surface area (Å²) in [7, 11) is -1.35. The lowest BCUT2D eigenvalue weighted by Gasteiger charge is -2.31. The molecule has 150 valence electrons. The molecule has 0 atom stereocenters. The van der Waals surface area contributed by atoms with Crippen LogP contribution < -0.4 is 5.32 Å². The van der Waals surface area contributed by atoms with Gasteiger partial charge in [0.2, 0.25) is 10.0 Å². The number of sulfonamides is 1. The van der Waals surface area contributed by atoms with E-state index in [1.54, 1.807) is 28.6 Å². The number of piperazine rings is 1. The number of carbonyl (C=O) groups excluding carboxylic acids is 1. The number of hydrogen-bond donors (Lipinski definition) is 1. The Kier molecular flexibility index (Phi) is 6.49. The van der Waals surface area contributed by atoms with Crippen LogP contribution in [0.2, 0.25) is 0 Å². The van der Waals surface area contributed by atoms with Crippen molar-refractivity contribution < 1.29 is 13.2 Å². The molecule has 1 N–H and O–H groups in total. The number of likely N-dealkylation sites (N-methyl/N-ethyl adjacent to an activating group) is 1. The van der Waals surface area contributed by atoms with Crippen LogP contribution in [0.1, 0.15) is 28.4 Å². The molecular formula is C21H27N3O3S. The third-order valence-electron chi connectivity index (χ3n) is 5.07. The first-order valence-electron chi connectivity index (χ1n) is 9.53. The molecule has 0 saturated carbocycles. The van der Waals surface area contributed by atoms with Crippen LogP contribution in [0.25, 0.3) is 0 Å². The van der Waals surface area contributed by atoms with Gasteiger partial charge in [-0.1, -0.05) is 37.3 Å². The minimum absolute atomic E-state index is 0.0444. The number of aryl methyl sites for hydroxylation is 1. The molecule has 0 bridgehead atoms. The zero-order valence-corrected chi connectivity index (χ0v) is 17.2. The molecule has 0 aromatic heterocycles. The van der Waals surface area contributed by atoms with Gasteiger partial charge in [-0.05, 0) is 42.8 Å². The van der Waals surface area contributed by atoms with Gasteiger partial charge in [0.1, 0.15) is 0 Å². The molecule has 1 aliphatic heterocycles. The van der Waals surface area contributed by atoms with Crippen molar-refractivity contribution in [1.82, 2.24) is 9.21 Å². The fourth-order valence-electron chi connectivity index (χ4n) is 3.27. The average Bonchev–Trinajstić information content (AvgIpc) is 2.69. The lowest BCUT2D eigenvalue weighted by molar-refractivity contribution is 0.102. The van der Waals surface area contributed by atoms with E-state index >= 15 is 0 Å². The minimum atomic E-state index is -3.34. The summed E-state index contributed by atoms with van der Waals surface area (Å²) in [6, 6.07) is 14.5. The molecule has 1 fully saturated rings. The van der Waals surface area contributed by atoms with Crippen molar-refractivity contribution in [2.75, 3.05) is 38.5 Å². The number of benzene rings is 2. The predicted molar refractivity (Wildman–Crippen MR) is 112 cm³/mol. The van der Waals surface area contributed by atoms with E-state index in [2.05, 4.69) is 10.2 Å². The summed E-state index contributed by atoms with van der Waals surface area (Å²) in [5.74, 6) is -0.244. The van der Waals surface area contributed by atoms with Crippen LogP contribution in [0, 0.1) is 0 Å². The number of nitrogens with zero attached hydrogens (tertiary/aromatic N) is 2. The zero-order chi connectivity index (χ0) is 20.1. The monoisotopic (exact) mass is 401 g/mol. The summed E-state index contributed by atoms with van der Waals surface area (Å²) < 4.78 is 26.8. The second-order valence-electron chi connectivity index (χ2n) is 7.12. The Morgan fingerprint density at radius 3 is 2.29 bits per heavy atom. The standard InChI is InChI=1S/C21H27N3O3S/c1-3-18-6-4-5-7-20(18)22-21(25)19-10-8-17(9-11-19)16-28(26,27)24-14-12-23(2)13-15-24/h4-11H,3,12-16H2,1-2H3,(H,22,25). The number of nitrogens with one attached hydrogen (secondary N) is 1. The molecule has 2 aromatic rings. The number of rotatable bonds is 6. The van der Waals surface area contributed by atoms with E-state index in [0.717, 1.165) is 30.8 Å². The maximum absolute atomic E-state index is 12.6. The largest absolute Gasteiger partial charge is 0.322 e. The first-order valence-corrected chi connectivity index (χ1v) is 11.1. The number of anilines is 1. The van der Waals surface area contributed by atoms with Gasteiger partial charge < -0.3 is 10.2 Å². The predicted octanol–water partition coefficient (Wildman–Crippen LogP) is 2.58. The summed E-state index contributed by atoms with van der Waals surface area (Å²) in [6.45, 7) is 4.59. The molecule has 3 rings (SSSR count). The second kappa shape index (κ2) is 8.86. The molecule has 0 radical (unpaired) electrons. The van der Waals surface area contributed by atoms with Crippen LogP contribution in [0.4, 0.5) is 5.69 Å². The zero-order valence-electron chi connectivity index (χ0n) is 16.4. The summed E-state index contributed by atoms with van der Waals surface area (Å²) in [6.07, 6.45) is 0.833. The smallest absolute Gasteiger partial charge is 0.255 e. The highest BCUT2D eigenvalue weighted by Gasteiger charge is 2.25. The lowest BCUT2D eigenvalue weighted by Crippen LogP contribution is -2.47. The number of para-hydroxylation sites is 1. The van der Waals surface area contributed by atoms with Crippen LogP contribution >= 0.6 is 0 Å². The fraction of sp³-hybridized carbons (Fsp3) is 0.381. The van der Waals surface area contributed by atoms with E-state index in [4.69, 9.17) is 0 Å². The highest BCUT2D eigenvalue weighted by Crippen LogP contribution is 2.18. The number of hydrogen-bond acceptors (Lipinski definition) is 4. The van der Waals surface area contributed by atoms with Crippen molar-refractivity contribution >= 4 is 21.6 Å². The molecule has 2 aromatic carbocycles. The lowest BCUT2D eigenvalue weighted by atomic mass is 10.1. The number of carbonyl (C=O) groups is 1. The van der Waals surface area contributed by atoms with E-state index in [-0.39, 0.29) is 11.7 Å². The van der Waals surface area contributed by atoms with Gasteiger partial charge in [0.05, 0.1) is 5.75 Å². The van der Waals surface area contributed by atoms with Gasteiger partial charge in [0, 0.05) is 37.4 Å². The molecule has 1 amide bonds. The van der Waals surface area contributed by atoms with Crippen molar-refractivity contribution in [2.45, 2.75) is 19.1 Å². The van der Waals surface area contributed by atoms with Crippen LogP contribution in [0.5, 0.6) is 0 Å². The third-order valence-corrected chi connectivity index (χ3v) is 6.92. The van der Waals surface area contributed by atoms with Gasteiger partial charge in [-0.15, -0.1) is 0 Å². The maximum atomic E-state index is 12.6. The third kappa shape index (κ3) is 4.98. The Balaban J connectivity index is 1.65. The molecule has 0 unspecified atom stereocenters. The first kappa shape index (κ1) is 20.5. The van der Waals surface area contributed by atoms with Crippen molar-refractivity contribution in [3.8, 4) is 0 Å². The van der Waals surface area contributed by atoms with Gasteiger partial charge in [0.15, 0.2) is 0 Å². The topological polar surface area (TPSA) is 69.7 Å². The molecule has 28 heavy (non-hydrogen) atoms. The van der Waals surface area contributed by atoms with Gasteiger partial charge in [-0.25, -0.2) is 8.42 Å². The minimum Gasteiger partial charge on any atom is -0.322 e. The molecule has 1 saturated heterocycles. The summed E-state index contributed by atoms with van der Waals surface area (Å²) >= 11 is 0. The van der Waals surface area contributed by atoms with Gasteiger partial charge in [0.25, 0.3) is 5.91 Å². The van der Waals surface area contributed by atoms with E-state index in [9.17, 15) is 13.2 Å². The van der Waals surface area contributed by atoms with Crippen LogP contribution in [-0.4, -0.2) is 56.8 Å². The van der Waals surface area contributed by atoms with Crippen molar-refractivity contribution in [1.29, 1.82) is 0 Å². The quantitative estimate of drug-likeness (QED) is 0.808. The van der Waals surface area contributed by atoms with Crippen LogP contribution in [-0.2, 0) is 22.2 Å². The van der Waals surface area contributed by atoms with E-state index in [0.29, 0.717) is 24.2 Å². The Morgan fingerprint density at radius 1 is 1.00 bits per heavy atom. The van der Waals surface area contributed by atoms with E-state index in [1.165, 1.54) is 0 Å². The Bertz CT molecular complexity index is 918. The normalized spacial score (nSPS) is 16.1. The molecule has 6 nitrogen and oxygen atoms in total. The second-order valence-corrected chi connectivity index (χ2v) is 9.09. The molecule has 7 heteroatoms. The highest BCUT2D eigenvalue weighted by molar-refractivity contribution is 7.88. The molecule has 0 spiro atoms. The van der Waals surface area contributed by atoms with Crippen molar-refractivity contribution in [3.63, 3.8) is 0 Å². The first-order chi connectivity index (χ1) is 13.4. The molecule has 1 aliphatic rings. The van der Waals surface area contributed by atoms with Crippen molar-refractivity contribution in [2.24, 2.45) is 0 Å². The molecule has 0 aliphatic carbocycles. The summed E-state index contributed by atoms with van der Waals surface area (Å²) in [5, 5.41) is 2.93. The molecular weight excluding hydrogens is 374 g/mol. The van der Waals surface area contributed by atoms with Gasteiger partial charge in [-0.2, -0.15) is 4.31 Å². The van der Waals surface area contributed by atoms with Crippen LogP contribution in [0.3, 0.4) is 0 Å². The van der Waals surface area contributed by atoms with Crippen LogP contribution in [0.15, 0.2) is 48.5 Å². The Hall–Kier alpha value is -2.22. The van der Waals surface area contributed by atoms with Crippen molar-refractivity contribution in [3.05, 3.63) is 65.2 Å².